The molecule has 0 fully saturated rings. The van der Waals surface area contributed by atoms with Crippen LogP contribution in [-0.2, 0) is 16.1 Å². The van der Waals surface area contributed by atoms with Gasteiger partial charge in [-0.15, -0.1) is 0 Å². The van der Waals surface area contributed by atoms with E-state index in [1.165, 1.54) is 12.1 Å². The highest BCUT2D eigenvalue weighted by molar-refractivity contribution is 5.93. The molecule has 0 aliphatic carbocycles. The number of aromatic nitrogens is 8. The highest BCUT2D eigenvalue weighted by atomic mass is 19.1. The lowest BCUT2D eigenvalue weighted by atomic mass is 10.1. The first-order valence-electron chi connectivity index (χ1n) is 18.6. The largest absolute Gasteiger partial charge is 0.373 e. The molecule has 7 heterocycles. The summed E-state index contributed by atoms with van der Waals surface area (Å²) in [4.78, 5) is 49.0. The number of nitrogens with one attached hydrogen (secondary N) is 6. The molecule has 0 bridgehead atoms. The zero-order valence-corrected chi connectivity index (χ0v) is 33.6. The van der Waals surface area contributed by atoms with Crippen LogP contribution in [0.1, 0.15) is 28.2 Å². The fourth-order valence-corrected chi connectivity index (χ4v) is 5.82. The van der Waals surface area contributed by atoms with E-state index >= 15 is 0 Å². The molecule has 0 aromatic carbocycles. The Kier molecular flexibility index (Phi) is 13.0. The van der Waals surface area contributed by atoms with E-state index in [0.717, 1.165) is 23.0 Å². The fourth-order valence-electron chi connectivity index (χ4n) is 5.82. The van der Waals surface area contributed by atoms with Gasteiger partial charge in [-0.05, 0) is 87.4 Å². The van der Waals surface area contributed by atoms with Crippen LogP contribution >= 0.6 is 0 Å². The minimum atomic E-state index is -0.453. The lowest BCUT2D eigenvalue weighted by molar-refractivity contribution is -0.121. The van der Waals surface area contributed by atoms with Crippen molar-refractivity contribution in [3.8, 4) is 22.8 Å². The molecule has 2 amide bonds. The van der Waals surface area contributed by atoms with E-state index in [2.05, 4.69) is 61.6 Å². The average Bonchev–Trinajstić information content (AvgIpc) is 3.67. The van der Waals surface area contributed by atoms with Gasteiger partial charge in [-0.1, -0.05) is 0 Å². The van der Waals surface area contributed by atoms with Gasteiger partial charge in [0.15, 0.2) is 11.6 Å². The predicted octanol–water partition coefficient (Wildman–Crippen LogP) is 6.33. The molecule has 16 nitrogen and oxygen atoms in total. The van der Waals surface area contributed by atoms with Gasteiger partial charge in [-0.3, -0.25) is 34.2 Å². The summed E-state index contributed by atoms with van der Waals surface area (Å²) in [5.41, 5.74) is 9.23. The van der Waals surface area contributed by atoms with Crippen molar-refractivity contribution < 1.29 is 18.4 Å². The number of nitrogens with zero attached hydrogens (tertiary/aromatic N) is 8. The molecule has 0 spiro atoms. The Morgan fingerprint density at radius 1 is 0.717 bits per heavy atom. The maximum absolute atomic E-state index is 14.3. The summed E-state index contributed by atoms with van der Waals surface area (Å²) in [7, 11) is 3.12. The van der Waals surface area contributed by atoms with Crippen LogP contribution in [0.15, 0.2) is 79.5 Å². The zero-order chi connectivity index (χ0) is 42.9. The van der Waals surface area contributed by atoms with Gasteiger partial charge in [0.05, 0.1) is 41.2 Å². The highest BCUT2D eigenvalue weighted by Crippen LogP contribution is 2.32. The number of aryl methyl sites for hydroxylation is 4. The van der Waals surface area contributed by atoms with Crippen LogP contribution in [0.25, 0.3) is 33.8 Å². The smallest absolute Gasteiger partial charge is 0.241 e. The van der Waals surface area contributed by atoms with E-state index in [1.54, 1.807) is 100 Å². The topological polar surface area (TPSA) is 213 Å². The SMILES string of the molecule is CNC(=O)CNc1c(Nc2cc(-c3nc(C)ccc3F)ncc2C)ccnc1C=N.CNC(=O)Cn1cc2nccc(Nc3cc(-c4nc(C)ccc4F)ncc3C)c2n1. The Balaban J connectivity index is 0.000000201. The van der Waals surface area contributed by atoms with Gasteiger partial charge in [-0.2, -0.15) is 5.10 Å². The highest BCUT2D eigenvalue weighted by Gasteiger charge is 2.16. The van der Waals surface area contributed by atoms with E-state index in [9.17, 15) is 18.4 Å². The van der Waals surface area contributed by atoms with Crippen LogP contribution in [0, 0.1) is 44.7 Å². The van der Waals surface area contributed by atoms with E-state index < -0.39 is 11.6 Å². The minimum Gasteiger partial charge on any atom is -0.373 e. The molecule has 7 aromatic heterocycles. The Morgan fingerprint density at radius 3 is 1.83 bits per heavy atom. The van der Waals surface area contributed by atoms with Crippen molar-refractivity contribution in [2.75, 3.05) is 36.6 Å². The number of anilines is 5. The van der Waals surface area contributed by atoms with Gasteiger partial charge in [0.25, 0.3) is 0 Å². The number of amides is 2. The van der Waals surface area contributed by atoms with Crippen LogP contribution in [0.3, 0.4) is 0 Å². The number of rotatable bonds is 12. The van der Waals surface area contributed by atoms with Gasteiger partial charge in [0.1, 0.15) is 34.7 Å². The number of likely N-dealkylation sites (N-methyl/N-ethyl adjacent to an activating group) is 2. The molecule has 0 saturated carbocycles. The third kappa shape index (κ3) is 9.84. The van der Waals surface area contributed by atoms with Crippen molar-refractivity contribution in [1.29, 1.82) is 5.41 Å². The van der Waals surface area contributed by atoms with Gasteiger partial charge in [0, 0.05) is 67.9 Å². The molecule has 7 aromatic rings. The molecule has 0 atom stereocenters. The number of carbonyl (C=O) groups excluding carboxylic acids is 2. The van der Waals surface area contributed by atoms with Crippen LogP contribution < -0.4 is 26.6 Å². The molecule has 6 N–H and O–H groups in total. The maximum Gasteiger partial charge on any atom is 0.241 e. The third-order valence-electron chi connectivity index (χ3n) is 9.06. The predicted molar refractivity (Wildman–Crippen MR) is 227 cm³/mol. The average molecular weight is 813 g/mol. The van der Waals surface area contributed by atoms with E-state index in [1.807, 2.05) is 13.8 Å². The Labute approximate surface area is 343 Å². The van der Waals surface area contributed by atoms with Crippen molar-refractivity contribution in [2.24, 2.45) is 0 Å². The lowest BCUT2D eigenvalue weighted by Crippen LogP contribution is -2.26. The molecule has 0 unspecified atom stereocenters. The standard InChI is InChI=1S/C21H20FN7O.C21H22FN7O/c1-12-9-25-17(20-14(22)5-4-13(2)26-20)8-16(12)27-15-6-7-24-18-10-29(28-21(15)18)11-19(30)23-3;1-12-10-26-17(20-14(22)5-4-13(2)28-20)8-16(12)29-15-6-7-25-18(9-23)21(15)27-11-19(30)24-3/h4-10H,11H2,1-3H3,(H,23,30)(H,25,27);4-10,23,27H,11H2,1-3H3,(H,24,30)(H,25,26,29). The number of halogens is 2. The summed E-state index contributed by atoms with van der Waals surface area (Å²) in [6, 6.07) is 13.0. The number of hydrogen-bond acceptors (Lipinski definition) is 13. The van der Waals surface area contributed by atoms with Crippen molar-refractivity contribution in [1.82, 2.24) is 50.3 Å². The van der Waals surface area contributed by atoms with Gasteiger partial charge in [0.2, 0.25) is 11.8 Å². The second kappa shape index (κ2) is 18.7. The molecular formula is C42H42F2N14O2. The maximum atomic E-state index is 14.3. The summed E-state index contributed by atoms with van der Waals surface area (Å²) >= 11 is 0. The van der Waals surface area contributed by atoms with Gasteiger partial charge < -0.3 is 32.0 Å². The second-order valence-electron chi connectivity index (χ2n) is 13.5. The molecule has 18 heteroatoms. The molecule has 0 saturated heterocycles. The van der Waals surface area contributed by atoms with Crippen LogP contribution in [0.2, 0.25) is 0 Å². The zero-order valence-electron chi connectivity index (χ0n) is 33.6. The van der Waals surface area contributed by atoms with Crippen LogP contribution in [0.5, 0.6) is 0 Å². The van der Waals surface area contributed by atoms with Gasteiger partial charge >= 0.3 is 0 Å². The quantitative estimate of drug-likeness (QED) is 0.0748. The fraction of sp³-hybridized carbons (Fsp3) is 0.190. The summed E-state index contributed by atoms with van der Waals surface area (Å²) < 4.78 is 30.1. The van der Waals surface area contributed by atoms with Crippen molar-refractivity contribution in [3.63, 3.8) is 0 Å². The lowest BCUT2D eigenvalue weighted by Gasteiger charge is -2.17. The van der Waals surface area contributed by atoms with Gasteiger partial charge in [-0.25, -0.2) is 18.7 Å². The third-order valence-corrected chi connectivity index (χ3v) is 9.06. The molecular weight excluding hydrogens is 771 g/mol. The summed E-state index contributed by atoms with van der Waals surface area (Å²) in [6.45, 7) is 7.49. The minimum absolute atomic E-state index is 0.0245. The first-order valence-corrected chi connectivity index (χ1v) is 18.6. The Hall–Kier alpha value is -7.76. The second-order valence-corrected chi connectivity index (χ2v) is 13.5. The Morgan fingerprint density at radius 2 is 1.27 bits per heavy atom. The summed E-state index contributed by atoms with van der Waals surface area (Å²) in [6.07, 6.45) is 9.35. The molecule has 0 aliphatic heterocycles. The number of carbonyl (C=O) groups is 2. The van der Waals surface area contributed by atoms with Crippen LogP contribution in [0.4, 0.5) is 37.2 Å². The van der Waals surface area contributed by atoms with E-state index in [4.69, 9.17) is 5.41 Å². The monoisotopic (exact) mass is 812 g/mol. The number of pyridine rings is 6. The van der Waals surface area contributed by atoms with E-state index in [-0.39, 0.29) is 36.3 Å². The summed E-state index contributed by atoms with van der Waals surface area (Å²) in [5.74, 6) is -1.24. The first kappa shape index (κ1) is 41.9. The summed E-state index contributed by atoms with van der Waals surface area (Å²) in [5, 5.41) is 26.8. The van der Waals surface area contributed by atoms with Crippen molar-refractivity contribution in [2.45, 2.75) is 34.2 Å². The van der Waals surface area contributed by atoms with E-state index in [0.29, 0.717) is 62.3 Å². The molecule has 0 radical (unpaired) electrons. The first-order chi connectivity index (χ1) is 28.9. The Bertz CT molecular complexity index is 2720. The van der Waals surface area contributed by atoms with Crippen molar-refractivity contribution >= 4 is 57.5 Å². The molecule has 306 valence electrons. The van der Waals surface area contributed by atoms with Crippen molar-refractivity contribution in [3.05, 3.63) is 119 Å². The van der Waals surface area contributed by atoms with Crippen LogP contribution in [-0.4, -0.2) is 78.4 Å². The molecule has 7 rings (SSSR count). The number of hydrogen-bond donors (Lipinski definition) is 6. The number of fused-ring (bicyclic) bond motifs is 1. The molecule has 60 heavy (non-hydrogen) atoms. The normalized spacial score (nSPS) is 10.7. The molecule has 0 aliphatic rings.